The quantitative estimate of drug-likeness (QED) is 0.0494. The zero-order chi connectivity index (χ0) is 28.9. The standard InChI is InChI=1S/C34H71NO3S/c1-4-7-10-13-16-19-22-25-30-35(33-28-29-34-39(36,37)38,31-26-23-20-17-14-11-8-5-2)32-27-24-21-18-15-12-9-6-3/h4-34H2,1-3H3/p+1. The predicted molar refractivity (Wildman–Crippen MR) is 173 cm³/mol. The maximum absolute atomic E-state index is 11.3. The molecule has 0 unspecified atom stereocenters. The molecule has 0 aromatic heterocycles. The summed E-state index contributed by atoms with van der Waals surface area (Å²) in [7, 11) is -3.85. The summed E-state index contributed by atoms with van der Waals surface area (Å²) in [5.41, 5.74) is 0. The highest BCUT2D eigenvalue weighted by Gasteiger charge is 2.26. The molecule has 1 N–H and O–H groups in total. The molecule has 0 saturated heterocycles. The van der Waals surface area contributed by atoms with Gasteiger partial charge in [0.2, 0.25) is 0 Å². The summed E-state index contributed by atoms with van der Waals surface area (Å²) in [6, 6.07) is 0. The first-order valence-electron chi connectivity index (χ1n) is 17.7. The van der Waals surface area contributed by atoms with Gasteiger partial charge < -0.3 is 4.48 Å². The van der Waals surface area contributed by atoms with Crippen molar-refractivity contribution in [1.82, 2.24) is 0 Å². The minimum absolute atomic E-state index is 0.0831. The van der Waals surface area contributed by atoms with Gasteiger partial charge in [0.25, 0.3) is 10.1 Å². The Labute approximate surface area is 246 Å². The lowest BCUT2D eigenvalue weighted by atomic mass is 10.0. The fourth-order valence-corrected chi connectivity index (χ4v) is 6.71. The summed E-state index contributed by atoms with van der Waals surface area (Å²) in [6.07, 6.45) is 34.1. The third kappa shape index (κ3) is 27.8. The van der Waals surface area contributed by atoms with Crippen molar-refractivity contribution in [3.8, 4) is 0 Å². The Bertz CT molecular complexity index is 543. The topological polar surface area (TPSA) is 54.4 Å². The zero-order valence-corrected chi connectivity index (χ0v) is 27.9. The highest BCUT2D eigenvalue weighted by molar-refractivity contribution is 7.85. The van der Waals surface area contributed by atoms with Gasteiger partial charge in [0.05, 0.1) is 31.9 Å². The molecule has 0 radical (unpaired) electrons. The summed E-state index contributed by atoms with van der Waals surface area (Å²) < 4.78 is 33.1. The van der Waals surface area contributed by atoms with Crippen molar-refractivity contribution in [3.63, 3.8) is 0 Å². The van der Waals surface area contributed by atoms with Crippen molar-refractivity contribution in [3.05, 3.63) is 0 Å². The molecule has 0 aliphatic heterocycles. The van der Waals surface area contributed by atoms with Crippen molar-refractivity contribution < 1.29 is 17.5 Å². The summed E-state index contributed by atoms with van der Waals surface area (Å²) in [5, 5.41) is 0. The third-order valence-corrected chi connectivity index (χ3v) is 9.55. The van der Waals surface area contributed by atoms with E-state index in [0.29, 0.717) is 6.42 Å². The van der Waals surface area contributed by atoms with Crippen molar-refractivity contribution in [2.75, 3.05) is 31.9 Å². The Morgan fingerprint density at radius 2 is 0.615 bits per heavy atom. The van der Waals surface area contributed by atoms with E-state index in [-0.39, 0.29) is 5.75 Å². The van der Waals surface area contributed by atoms with Crippen LogP contribution in [-0.4, -0.2) is 49.4 Å². The van der Waals surface area contributed by atoms with Gasteiger partial charge in [-0.2, -0.15) is 8.42 Å². The van der Waals surface area contributed by atoms with Gasteiger partial charge in [0, 0.05) is 0 Å². The maximum atomic E-state index is 11.3. The minimum atomic E-state index is -3.85. The van der Waals surface area contributed by atoms with Gasteiger partial charge in [-0.25, -0.2) is 0 Å². The minimum Gasteiger partial charge on any atom is -0.324 e. The highest BCUT2D eigenvalue weighted by Crippen LogP contribution is 2.20. The molecule has 0 aromatic rings. The maximum Gasteiger partial charge on any atom is 0.264 e. The fraction of sp³-hybridized carbons (Fsp3) is 1.00. The van der Waals surface area contributed by atoms with Crippen molar-refractivity contribution in [2.45, 2.75) is 188 Å². The number of hydrogen-bond acceptors (Lipinski definition) is 2. The summed E-state index contributed by atoms with van der Waals surface area (Å²) in [4.78, 5) is 0. The molecule has 0 saturated carbocycles. The van der Waals surface area contributed by atoms with Gasteiger partial charge in [-0.15, -0.1) is 0 Å². The van der Waals surface area contributed by atoms with Crippen LogP contribution in [0.5, 0.6) is 0 Å². The lowest BCUT2D eigenvalue weighted by molar-refractivity contribution is -0.929. The van der Waals surface area contributed by atoms with Crippen molar-refractivity contribution >= 4 is 10.1 Å². The number of unbranched alkanes of at least 4 members (excludes halogenated alkanes) is 22. The molecule has 0 aliphatic carbocycles. The third-order valence-electron chi connectivity index (χ3n) is 8.74. The van der Waals surface area contributed by atoms with E-state index < -0.39 is 10.1 Å². The number of quaternary nitrogens is 1. The van der Waals surface area contributed by atoms with Crippen LogP contribution in [0.2, 0.25) is 0 Å². The average Bonchev–Trinajstić information content (AvgIpc) is 2.90. The number of nitrogens with zero attached hydrogens (tertiary/aromatic N) is 1. The lowest BCUT2D eigenvalue weighted by Gasteiger charge is -2.39. The van der Waals surface area contributed by atoms with E-state index in [1.807, 2.05) is 0 Å². The molecule has 4 nitrogen and oxygen atoms in total. The molecule has 39 heavy (non-hydrogen) atoms. The molecule has 5 heteroatoms. The van der Waals surface area contributed by atoms with Gasteiger partial charge >= 0.3 is 0 Å². The normalized spacial score (nSPS) is 12.4. The second-order valence-electron chi connectivity index (χ2n) is 12.7. The van der Waals surface area contributed by atoms with Crippen LogP contribution in [0.1, 0.15) is 188 Å². The van der Waals surface area contributed by atoms with Crippen LogP contribution in [0.3, 0.4) is 0 Å². The second kappa shape index (κ2) is 28.0. The zero-order valence-electron chi connectivity index (χ0n) is 27.0. The molecule has 0 amide bonds. The van der Waals surface area contributed by atoms with Crippen LogP contribution in [0, 0.1) is 0 Å². The summed E-state index contributed by atoms with van der Waals surface area (Å²) >= 11 is 0. The van der Waals surface area contributed by atoms with Crippen LogP contribution in [0.25, 0.3) is 0 Å². The molecular formula is C34H72NO3S+. The summed E-state index contributed by atoms with van der Waals surface area (Å²) in [5.74, 6) is -0.0831. The molecule has 236 valence electrons. The Morgan fingerprint density at radius 1 is 0.385 bits per heavy atom. The first-order valence-corrected chi connectivity index (χ1v) is 19.3. The highest BCUT2D eigenvalue weighted by atomic mass is 32.2. The first kappa shape index (κ1) is 38.9. The predicted octanol–water partition coefficient (Wildman–Crippen LogP) is 10.9. The molecule has 0 spiro atoms. The van der Waals surface area contributed by atoms with E-state index in [9.17, 15) is 13.0 Å². The molecule has 0 rings (SSSR count). The van der Waals surface area contributed by atoms with Crippen molar-refractivity contribution in [2.24, 2.45) is 0 Å². The molecule has 0 bridgehead atoms. The van der Waals surface area contributed by atoms with Crippen LogP contribution >= 0.6 is 0 Å². The van der Waals surface area contributed by atoms with E-state index in [2.05, 4.69) is 20.8 Å². The van der Waals surface area contributed by atoms with E-state index in [4.69, 9.17) is 0 Å². The molecular weight excluding hydrogens is 502 g/mol. The lowest BCUT2D eigenvalue weighted by Crippen LogP contribution is -2.51. The fourth-order valence-electron chi connectivity index (χ4n) is 6.15. The summed E-state index contributed by atoms with van der Waals surface area (Å²) in [6.45, 7) is 11.7. The van der Waals surface area contributed by atoms with Gasteiger partial charge in [-0.3, -0.25) is 4.55 Å². The molecule has 0 aliphatic rings. The molecule has 0 atom stereocenters. The van der Waals surface area contributed by atoms with Crippen molar-refractivity contribution in [1.29, 1.82) is 0 Å². The Balaban J connectivity index is 4.88. The van der Waals surface area contributed by atoms with Crippen LogP contribution in [-0.2, 0) is 10.1 Å². The Morgan fingerprint density at radius 3 is 0.872 bits per heavy atom. The van der Waals surface area contributed by atoms with Gasteiger partial charge in [0.15, 0.2) is 0 Å². The van der Waals surface area contributed by atoms with Gasteiger partial charge in [-0.1, -0.05) is 136 Å². The average molecular weight is 575 g/mol. The van der Waals surface area contributed by atoms with E-state index in [1.165, 1.54) is 178 Å². The smallest absolute Gasteiger partial charge is 0.264 e. The monoisotopic (exact) mass is 575 g/mol. The molecule has 0 aromatic carbocycles. The van der Waals surface area contributed by atoms with Gasteiger partial charge in [-0.05, 0) is 51.4 Å². The Kier molecular flexibility index (Phi) is 27.9. The number of hydrogen-bond donors (Lipinski definition) is 1. The first-order chi connectivity index (χ1) is 18.9. The van der Waals surface area contributed by atoms with Crippen LogP contribution in [0.4, 0.5) is 0 Å². The second-order valence-corrected chi connectivity index (χ2v) is 14.2. The number of rotatable bonds is 32. The molecule has 0 heterocycles. The van der Waals surface area contributed by atoms with E-state index in [0.717, 1.165) is 13.0 Å². The van der Waals surface area contributed by atoms with Crippen LogP contribution < -0.4 is 0 Å². The SMILES string of the molecule is CCCCCCCCCC[N+](CCCCCCCCCC)(CCCCCCCCCC)CCCCS(=O)(=O)O. The largest absolute Gasteiger partial charge is 0.324 e. The van der Waals surface area contributed by atoms with Crippen LogP contribution in [0.15, 0.2) is 0 Å². The Hall–Kier alpha value is -0.130. The van der Waals surface area contributed by atoms with Gasteiger partial charge in [0.1, 0.15) is 0 Å². The van der Waals surface area contributed by atoms with E-state index >= 15 is 0 Å². The molecule has 0 fully saturated rings. The van der Waals surface area contributed by atoms with E-state index in [1.54, 1.807) is 0 Å².